The van der Waals surface area contributed by atoms with Crippen molar-refractivity contribution in [3.63, 3.8) is 0 Å². The standard InChI is InChI=1S/C16H12BrNO3/c1-20-13-6-4-12(5-7-13)18-16(19)15-8-10-2-3-11(17)9-14(10)21-15/h2-9H,1H3,(H,18,19). The van der Waals surface area contributed by atoms with E-state index in [4.69, 9.17) is 9.15 Å². The minimum Gasteiger partial charge on any atom is -0.497 e. The summed E-state index contributed by atoms with van der Waals surface area (Å²) in [7, 11) is 1.60. The molecule has 3 aromatic rings. The summed E-state index contributed by atoms with van der Waals surface area (Å²) in [6.07, 6.45) is 0. The zero-order chi connectivity index (χ0) is 14.8. The van der Waals surface area contributed by atoms with E-state index in [0.29, 0.717) is 11.3 Å². The summed E-state index contributed by atoms with van der Waals surface area (Å²) in [6, 6.07) is 14.5. The first kappa shape index (κ1) is 13.7. The predicted octanol–water partition coefficient (Wildman–Crippen LogP) is 4.46. The molecule has 1 aromatic heterocycles. The molecule has 0 saturated heterocycles. The van der Waals surface area contributed by atoms with Crippen molar-refractivity contribution >= 4 is 38.5 Å². The van der Waals surface area contributed by atoms with Crippen LogP contribution in [0.25, 0.3) is 11.0 Å². The van der Waals surface area contributed by atoms with Gasteiger partial charge in [0.15, 0.2) is 5.76 Å². The molecule has 5 heteroatoms. The average Bonchev–Trinajstić information content (AvgIpc) is 2.91. The number of fused-ring (bicyclic) bond motifs is 1. The maximum Gasteiger partial charge on any atom is 0.291 e. The summed E-state index contributed by atoms with van der Waals surface area (Å²) in [4.78, 5) is 12.2. The van der Waals surface area contributed by atoms with E-state index < -0.39 is 0 Å². The minimum atomic E-state index is -0.285. The molecule has 3 rings (SSSR count). The second-order valence-electron chi connectivity index (χ2n) is 4.48. The molecule has 4 nitrogen and oxygen atoms in total. The van der Waals surface area contributed by atoms with Crippen LogP contribution in [0.15, 0.2) is 57.4 Å². The van der Waals surface area contributed by atoms with Gasteiger partial charge >= 0.3 is 0 Å². The van der Waals surface area contributed by atoms with E-state index in [1.54, 1.807) is 37.4 Å². The molecule has 0 radical (unpaired) electrons. The SMILES string of the molecule is COc1ccc(NC(=O)c2cc3ccc(Br)cc3o2)cc1. The Labute approximate surface area is 129 Å². The van der Waals surface area contributed by atoms with Crippen molar-refractivity contribution in [1.82, 2.24) is 0 Å². The Bertz CT molecular complexity index is 793. The van der Waals surface area contributed by atoms with Gasteiger partial charge in [0.1, 0.15) is 11.3 Å². The van der Waals surface area contributed by atoms with Crippen molar-refractivity contribution in [3.05, 3.63) is 58.8 Å². The van der Waals surface area contributed by atoms with Gasteiger partial charge in [-0.05, 0) is 48.5 Å². The van der Waals surface area contributed by atoms with Crippen LogP contribution < -0.4 is 10.1 Å². The molecule has 0 saturated carbocycles. The molecule has 21 heavy (non-hydrogen) atoms. The third kappa shape index (κ3) is 2.92. The summed E-state index contributed by atoms with van der Waals surface area (Å²) in [5.41, 5.74) is 1.35. The van der Waals surface area contributed by atoms with Crippen LogP contribution in [0, 0.1) is 0 Å². The lowest BCUT2D eigenvalue weighted by Crippen LogP contribution is -2.10. The van der Waals surface area contributed by atoms with E-state index in [-0.39, 0.29) is 11.7 Å². The lowest BCUT2D eigenvalue weighted by molar-refractivity contribution is 0.0998. The molecule has 0 bridgehead atoms. The van der Waals surface area contributed by atoms with Gasteiger partial charge in [-0.1, -0.05) is 15.9 Å². The lowest BCUT2D eigenvalue weighted by atomic mass is 10.2. The summed E-state index contributed by atoms with van der Waals surface area (Å²) in [5.74, 6) is 0.730. The second kappa shape index (κ2) is 5.61. The number of carbonyl (C=O) groups is 1. The first-order chi connectivity index (χ1) is 10.2. The number of hydrogen-bond donors (Lipinski definition) is 1. The summed E-state index contributed by atoms with van der Waals surface area (Å²) in [6.45, 7) is 0. The molecule has 0 atom stereocenters. The van der Waals surface area contributed by atoms with E-state index in [2.05, 4.69) is 21.2 Å². The van der Waals surface area contributed by atoms with Gasteiger partial charge in [-0.2, -0.15) is 0 Å². The predicted molar refractivity (Wildman–Crippen MR) is 84.9 cm³/mol. The number of rotatable bonds is 3. The normalized spacial score (nSPS) is 10.6. The molecule has 0 spiro atoms. The highest BCUT2D eigenvalue weighted by atomic mass is 79.9. The van der Waals surface area contributed by atoms with Crippen molar-refractivity contribution in [2.75, 3.05) is 12.4 Å². The van der Waals surface area contributed by atoms with Gasteiger partial charge in [-0.3, -0.25) is 4.79 Å². The van der Waals surface area contributed by atoms with Gasteiger partial charge in [0.05, 0.1) is 7.11 Å². The molecule has 106 valence electrons. The number of nitrogens with one attached hydrogen (secondary N) is 1. The first-order valence-electron chi connectivity index (χ1n) is 6.30. The van der Waals surface area contributed by atoms with Crippen LogP contribution >= 0.6 is 15.9 Å². The highest BCUT2D eigenvalue weighted by Crippen LogP contribution is 2.24. The van der Waals surface area contributed by atoms with Crippen LogP contribution in [0.1, 0.15) is 10.6 Å². The quantitative estimate of drug-likeness (QED) is 0.762. The van der Waals surface area contributed by atoms with E-state index >= 15 is 0 Å². The summed E-state index contributed by atoms with van der Waals surface area (Å²) in [5, 5.41) is 3.67. The Hall–Kier alpha value is -2.27. The Kier molecular flexibility index (Phi) is 3.66. The van der Waals surface area contributed by atoms with Crippen molar-refractivity contribution < 1.29 is 13.9 Å². The number of methoxy groups -OCH3 is 1. The average molecular weight is 346 g/mol. The Balaban J connectivity index is 1.82. The highest BCUT2D eigenvalue weighted by Gasteiger charge is 2.12. The fourth-order valence-electron chi connectivity index (χ4n) is 1.98. The third-order valence-corrected chi connectivity index (χ3v) is 3.55. The van der Waals surface area contributed by atoms with Gasteiger partial charge < -0.3 is 14.5 Å². The number of benzene rings is 2. The zero-order valence-corrected chi connectivity index (χ0v) is 12.8. The van der Waals surface area contributed by atoms with Crippen LogP contribution in [-0.2, 0) is 0 Å². The van der Waals surface area contributed by atoms with Crippen LogP contribution in [0.3, 0.4) is 0 Å². The zero-order valence-electron chi connectivity index (χ0n) is 11.2. The van der Waals surface area contributed by atoms with E-state index in [0.717, 1.165) is 15.6 Å². The van der Waals surface area contributed by atoms with E-state index in [1.807, 2.05) is 18.2 Å². The maximum absolute atomic E-state index is 12.2. The molecule has 0 aliphatic carbocycles. The van der Waals surface area contributed by atoms with Gasteiger partial charge in [0, 0.05) is 15.5 Å². The van der Waals surface area contributed by atoms with Crippen LogP contribution in [0.4, 0.5) is 5.69 Å². The minimum absolute atomic E-state index is 0.277. The van der Waals surface area contributed by atoms with Crippen molar-refractivity contribution in [2.24, 2.45) is 0 Å². The summed E-state index contributed by atoms with van der Waals surface area (Å²) >= 11 is 3.37. The van der Waals surface area contributed by atoms with Gasteiger partial charge in [0.25, 0.3) is 5.91 Å². The Morgan fingerprint density at radius 3 is 2.62 bits per heavy atom. The molecule has 0 fully saturated rings. The number of amides is 1. The van der Waals surface area contributed by atoms with Crippen LogP contribution in [0.2, 0.25) is 0 Å². The van der Waals surface area contributed by atoms with Crippen molar-refractivity contribution in [3.8, 4) is 5.75 Å². The largest absolute Gasteiger partial charge is 0.497 e. The van der Waals surface area contributed by atoms with E-state index in [1.165, 1.54) is 0 Å². The number of furan rings is 1. The van der Waals surface area contributed by atoms with Crippen LogP contribution in [0.5, 0.6) is 5.75 Å². The molecular formula is C16H12BrNO3. The van der Waals surface area contributed by atoms with Gasteiger partial charge in [0.2, 0.25) is 0 Å². The monoisotopic (exact) mass is 345 g/mol. The molecule has 0 aliphatic heterocycles. The number of ether oxygens (including phenoxy) is 1. The van der Waals surface area contributed by atoms with Crippen LogP contribution in [-0.4, -0.2) is 13.0 Å². The fraction of sp³-hybridized carbons (Fsp3) is 0.0625. The second-order valence-corrected chi connectivity index (χ2v) is 5.39. The number of anilines is 1. The Morgan fingerprint density at radius 1 is 1.14 bits per heavy atom. The number of halogens is 1. The molecule has 2 aromatic carbocycles. The van der Waals surface area contributed by atoms with Crippen molar-refractivity contribution in [1.29, 1.82) is 0 Å². The van der Waals surface area contributed by atoms with Gasteiger partial charge in [-0.15, -0.1) is 0 Å². The first-order valence-corrected chi connectivity index (χ1v) is 7.09. The molecule has 1 amide bonds. The lowest BCUT2D eigenvalue weighted by Gasteiger charge is -2.04. The topological polar surface area (TPSA) is 51.5 Å². The molecule has 0 unspecified atom stereocenters. The molecule has 1 heterocycles. The Morgan fingerprint density at radius 2 is 1.90 bits per heavy atom. The fourth-order valence-corrected chi connectivity index (χ4v) is 2.32. The number of hydrogen-bond acceptors (Lipinski definition) is 3. The van der Waals surface area contributed by atoms with E-state index in [9.17, 15) is 4.79 Å². The maximum atomic E-state index is 12.2. The molecule has 0 aliphatic rings. The highest BCUT2D eigenvalue weighted by molar-refractivity contribution is 9.10. The third-order valence-electron chi connectivity index (χ3n) is 3.05. The van der Waals surface area contributed by atoms with Crippen molar-refractivity contribution in [2.45, 2.75) is 0 Å². The number of carbonyl (C=O) groups excluding carboxylic acids is 1. The smallest absolute Gasteiger partial charge is 0.291 e. The summed E-state index contributed by atoms with van der Waals surface area (Å²) < 4.78 is 11.5. The molecular weight excluding hydrogens is 334 g/mol. The van der Waals surface area contributed by atoms with Gasteiger partial charge in [-0.25, -0.2) is 0 Å². The molecule has 1 N–H and O–H groups in total.